The van der Waals surface area contributed by atoms with Crippen molar-refractivity contribution in [1.82, 2.24) is 9.88 Å². The monoisotopic (exact) mass is 377 g/mol. The Hall–Kier alpha value is -1.62. The number of anilines is 1. The Balaban J connectivity index is 1.95. The fourth-order valence-electron chi connectivity index (χ4n) is 3.35. The van der Waals surface area contributed by atoms with E-state index < -0.39 is 0 Å². The van der Waals surface area contributed by atoms with Gasteiger partial charge in [0, 0.05) is 17.9 Å². The molecule has 2 aliphatic heterocycles. The summed E-state index contributed by atoms with van der Waals surface area (Å²) in [5.41, 5.74) is 0.448. The molecule has 142 valence electrons. The van der Waals surface area contributed by atoms with Gasteiger partial charge in [0.05, 0.1) is 22.8 Å². The van der Waals surface area contributed by atoms with Crippen LogP contribution in [-0.4, -0.2) is 42.5 Å². The van der Waals surface area contributed by atoms with Crippen LogP contribution in [0.25, 0.3) is 0 Å². The molecule has 0 aliphatic carbocycles. The van der Waals surface area contributed by atoms with Crippen molar-refractivity contribution >= 4 is 22.5 Å². The third kappa shape index (κ3) is 3.22. The highest BCUT2D eigenvalue weighted by molar-refractivity contribution is 7.16. The summed E-state index contributed by atoms with van der Waals surface area (Å²) in [6.45, 7) is 10.9. The van der Waals surface area contributed by atoms with Gasteiger partial charge < -0.3 is 14.4 Å². The molecule has 1 aromatic heterocycles. The van der Waals surface area contributed by atoms with Gasteiger partial charge in [0.15, 0.2) is 5.13 Å². The van der Waals surface area contributed by atoms with Crippen LogP contribution < -0.4 is 4.90 Å². The summed E-state index contributed by atoms with van der Waals surface area (Å²) in [6, 6.07) is -0.0984. The molecule has 2 aliphatic rings. The van der Waals surface area contributed by atoms with Crippen molar-refractivity contribution in [1.29, 1.82) is 0 Å². The molecule has 3 heterocycles. The number of fused-ring (bicyclic) bond motifs is 1. The Bertz CT molecular complexity index is 750. The van der Waals surface area contributed by atoms with Crippen LogP contribution in [0.15, 0.2) is 0 Å². The highest BCUT2D eigenvalue weighted by atomic mass is 32.1. The molecule has 6 nitrogen and oxygen atoms in total. The summed E-state index contributed by atoms with van der Waals surface area (Å²) < 4.78 is 11.8. The lowest BCUT2D eigenvalue weighted by atomic mass is 9.73. The molecule has 1 fully saturated rings. The molecule has 2 atom stereocenters. The molecular formula is C19H27N3O3S. The molecule has 0 bridgehead atoms. The van der Waals surface area contributed by atoms with Crippen molar-refractivity contribution in [3.05, 3.63) is 10.6 Å². The molecule has 0 aromatic carbocycles. The van der Waals surface area contributed by atoms with Crippen molar-refractivity contribution in [3.8, 4) is 12.3 Å². The Morgan fingerprint density at radius 1 is 1.42 bits per heavy atom. The van der Waals surface area contributed by atoms with Crippen molar-refractivity contribution in [3.63, 3.8) is 0 Å². The summed E-state index contributed by atoms with van der Waals surface area (Å²) in [6.07, 6.45) is 6.32. The molecule has 0 spiro atoms. The van der Waals surface area contributed by atoms with Gasteiger partial charge in [0.1, 0.15) is 13.5 Å². The maximum Gasteiger partial charge on any atom is 0.329 e. The first-order valence-corrected chi connectivity index (χ1v) is 9.63. The summed E-state index contributed by atoms with van der Waals surface area (Å²) >= 11 is 1.51. The minimum Gasteiger partial charge on any atom is -0.369 e. The Morgan fingerprint density at radius 2 is 2.12 bits per heavy atom. The summed E-state index contributed by atoms with van der Waals surface area (Å²) in [5, 5.41) is 0.659. The normalized spacial score (nSPS) is 25.8. The van der Waals surface area contributed by atoms with Crippen LogP contribution in [0.4, 0.5) is 9.93 Å². The molecule has 3 rings (SSSR count). The number of carbonyl (C=O) groups excluding carboxylic acids is 1. The molecular weight excluding hydrogens is 350 g/mol. The molecule has 0 saturated carbocycles. The third-order valence-corrected chi connectivity index (χ3v) is 6.41. The first-order chi connectivity index (χ1) is 12.1. The number of hydrogen-bond donors (Lipinski definition) is 0. The molecule has 2 amide bonds. The van der Waals surface area contributed by atoms with Crippen LogP contribution in [-0.2, 0) is 14.9 Å². The maximum atomic E-state index is 12.5. The molecule has 2 unspecified atom stereocenters. The number of nitrogens with zero attached hydrogens (tertiary/aromatic N) is 3. The molecule has 1 aromatic rings. The fourth-order valence-corrected chi connectivity index (χ4v) is 4.55. The smallest absolute Gasteiger partial charge is 0.329 e. The zero-order valence-corrected chi connectivity index (χ0v) is 17.1. The number of ether oxygens (including phenoxy) is 2. The van der Waals surface area contributed by atoms with Crippen LogP contribution in [0.2, 0.25) is 0 Å². The first kappa shape index (κ1) is 19.2. The van der Waals surface area contributed by atoms with E-state index in [-0.39, 0.29) is 35.8 Å². The fraction of sp³-hybridized carbons (Fsp3) is 0.684. The molecule has 0 N–H and O–H groups in total. The van der Waals surface area contributed by atoms with Gasteiger partial charge in [-0.2, -0.15) is 0 Å². The summed E-state index contributed by atoms with van der Waals surface area (Å²) in [7, 11) is 1.72. The lowest BCUT2D eigenvalue weighted by Crippen LogP contribution is -2.48. The quantitative estimate of drug-likeness (QED) is 0.753. The molecule has 0 radical (unpaired) electrons. The third-order valence-electron chi connectivity index (χ3n) is 5.18. The SMILES string of the molecule is C#CC(C)(C)CC1OC(C)c2sc(N3COCN(C)C3=O)nc2C1(C)C. The number of urea groups is 1. The molecule has 26 heavy (non-hydrogen) atoms. The van der Waals surface area contributed by atoms with E-state index in [1.165, 1.54) is 16.2 Å². The average Bonchev–Trinajstić information content (AvgIpc) is 3.02. The van der Waals surface area contributed by atoms with E-state index in [9.17, 15) is 4.79 Å². The van der Waals surface area contributed by atoms with E-state index in [2.05, 4.69) is 33.6 Å². The van der Waals surface area contributed by atoms with Crippen LogP contribution in [0, 0.1) is 17.8 Å². The Labute approximate surface area is 159 Å². The zero-order chi connectivity index (χ0) is 19.3. The topological polar surface area (TPSA) is 54.9 Å². The summed E-state index contributed by atoms with van der Waals surface area (Å²) in [5.74, 6) is 2.86. The van der Waals surface area contributed by atoms with E-state index in [0.717, 1.165) is 17.0 Å². The minimum atomic E-state index is -0.295. The largest absolute Gasteiger partial charge is 0.369 e. The van der Waals surface area contributed by atoms with Gasteiger partial charge in [0.25, 0.3) is 0 Å². The average molecular weight is 378 g/mol. The summed E-state index contributed by atoms with van der Waals surface area (Å²) in [4.78, 5) is 21.5. The van der Waals surface area contributed by atoms with Crippen molar-refractivity contribution in [2.45, 2.75) is 58.7 Å². The van der Waals surface area contributed by atoms with Gasteiger partial charge in [-0.25, -0.2) is 14.7 Å². The predicted octanol–water partition coefficient (Wildman–Crippen LogP) is 3.73. The van der Waals surface area contributed by atoms with Crippen molar-refractivity contribution in [2.24, 2.45) is 5.41 Å². The van der Waals surface area contributed by atoms with E-state index >= 15 is 0 Å². The second-order valence-electron chi connectivity index (χ2n) is 8.30. The van der Waals surface area contributed by atoms with Crippen LogP contribution in [0.5, 0.6) is 0 Å². The van der Waals surface area contributed by atoms with Crippen molar-refractivity contribution in [2.75, 3.05) is 25.4 Å². The highest BCUT2D eigenvalue weighted by Gasteiger charge is 2.45. The van der Waals surface area contributed by atoms with Gasteiger partial charge in [-0.05, 0) is 27.2 Å². The van der Waals surface area contributed by atoms with Crippen LogP contribution >= 0.6 is 11.3 Å². The van der Waals surface area contributed by atoms with Gasteiger partial charge in [-0.1, -0.05) is 25.2 Å². The van der Waals surface area contributed by atoms with E-state index in [1.807, 2.05) is 6.92 Å². The van der Waals surface area contributed by atoms with Crippen LogP contribution in [0.3, 0.4) is 0 Å². The lowest BCUT2D eigenvalue weighted by molar-refractivity contribution is -0.0707. The van der Waals surface area contributed by atoms with E-state index in [4.69, 9.17) is 20.9 Å². The lowest BCUT2D eigenvalue weighted by Gasteiger charge is -2.42. The van der Waals surface area contributed by atoms with Gasteiger partial charge in [0.2, 0.25) is 0 Å². The zero-order valence-electron chi connectivity index (χ0n) is 16.3. The second-order valence-corrected chi connectivity index (χ2v) is 9.31. The number of carbonyl (C=O) groups is 1. The maximum absolute atomic E-state index is 12.5. The first-order valence-electron chi connectivity index (χ1n) is 8.81. The Kier molecular flexibility index (Phi) is 4.80. The Morgan fingerprint density at radius 3 is 2.77 bits per heavy atom. The van der Waals surface area contributed by atoms with E-state index in [1.54, 1.807) is 11.9 Å². The molecule has 1 saturated heterocycles. The van der Waals surface area contributed by atoms with Gasteiger partial charge in [-0.3, -0.25) is 0 Å². The predicted molar refractivity (Wildman–Crippen MR) is 102 cm³/mol. The van der Waals surface area contributed by atoms with Crippen molar-refractivity contribution < 1.29 is 14.3 Å². The van der Waals surface area contributed by atoms with E-state index in [0.29, 0.717) is 11.9 Å². The number of thiazole rings is 1. The molecule has 7 heteroatoms. The van der Waals surface area contributed by atoms with Crippen LogP contribution in [0.1, 0.15) is 57.7 Å². The number of amides is 2. The number of terminal acetylenes is 1. The number of aromatic nitrogens is 1. The highest BCUT2D eigenvalue weighted by Crippen LogP contribution is 2.48. The standard InChI is InChI=1S/C19H27N3O3S/c1-8-18(3,4)9-13-19(5,6)15-14(12(2)25-13)26-16(20-15)22-11-24-10-21(7)17(22)23/h1,12-13H,9-11H2,2-7H3. The minimum absolute atomic E-state index is 0.0398. The second kappa shape index (κ2) is 6.52. The van der Waals surface area contributed by atoms with Gasteiger partial charge >= 0.3 is 6.03 Å². The number of hydrogen-bond acceptors (Lipinski definition) is 5. The van der Waals surface area contributed by atoms with Gasteiger partial charge in [-0.15, -0.1) is 12.3 Å². The number of rotatable bonds is 3.